The first-order valence-corrected chi connectivity index (χ1v) is 5.82. The molecule has 1 rings (SSSR count). The summed E-state index contributed by atoms with van der Waals surface area (Å²) < 4.78 is 0. The van der Waals surface area contributed by atoms with Gasteiger partial charge in [-0.05, 0) is 44.4 Å². The largest absolute Gasteiger partial charge is 0.382 e. The number of hydrogen-bond acceptors (Lipinski definition) is 2. The lowest BCUT2D eigenvalue weighted by atomic mass is 10.1. The van der Waals surface area contributed by atoms with Gasteiger partial charge >= 0.3 is 0 Å². The minimum atomic E-state index is -0.396. The van der Waals surface area contributed by atoms with E-state index in [4.69, 9.17) is 5.73 Å². The van der Waals surface area contributed by atoms with Gasteiger partial charge in [-0.3, -0.25) is 4.79 Å². The molecule has 0 aromatic heterocycles. The van der Waals surface area contributed by atoms with Crippen molar-refractivity contribution in [3.05, 3.63) is 42.0 Å². The maximum atomic E-state index is 11.1. The van der Waals surface area contributed by atoms with Gasteiger partial charge in [-0.2, -0.15) is 0 Å². The SMILES string of the molecule is C=CCCC(C)Nc1cc(C(N)=O)ccc1C. The van der Waals surface area contributed by atoms with Gasteiger partial charge in [-0.25, -0.2) is 0 Å². The zero-order chi connectivity index (χ0) is 12.8. The van der Waals surface area contributed by atoms with Crippen molar-refractivity contribution in [2.24, 2.45) is 5.73 Å². The molecular formula is C14H20N2O. The van der Waals surface area contributed by atoms with Crippen molar-refractivity contribution in [2.45, 2.75) is 32.7 Å². The number of benzene rings is 1. The second kappa shape index (κ2) is 6.09. The van der Waals surface area contributed by atoms with Gasteiger partial charge in [0, 0.05) is 17.3 Å². The predicted molar refractivity (Wildman–Crippen MR) is 72.2 cm³/mol. The van der Waals surface area contributed by atoms with Crippen molar-refractivity contribution in [2.75, 3.05) is 5.32 Å². The minimum absolute atomic E-state index is 0.342. The second-order valence-electron chi connectivity index (χ2n) is 4.31. The lowest BCUT2D eigenvalue weighted by Crippen LogP contribution is -2.17. The highest BCUT2D eigenvalue weighted by Crippen LogP contribution is 2.18. The molecule has 92 valence electrons. The first-order valence-electron chi connectivity index (χ1n) is 5.82. The highest BCUT2D eigenvalue weighted by molar-refractivity contribution is 5.94. The zero-order valence-corrected chi connectivity index (χ0v) is 10.5. The summed E-state index contributed by atoms with van der Waals surface area (Å²) in [4.78, 5) is 11.1. The number of rotatable bonds is 6. The predicted octanol–water partition coefficient (Wildman–Crippen LogP) is 2.86. The molecule has 0 spiro atoms. The Morgan fingerprint density at radius 3 is 2.88 bits per heavy atom. The molecule has 1 amide bonds. The molecule has 17 heavy (non-hydrogen) atoms. The fraction of sp³-hybridized carbons (Fsp3) is 0.357. The number of anilines is 1. The average molecular weight is 232 g/mol. The van der Waals surface area contributed by atoms with E-state index in [1.54, 1.807) is 6.07 Å². The molecule has 3 N–H and O–H groups in total. The summed E-state index contributed by atoms with van der Waals surface area (Å²) in [5.74, 6) is -0.396. The van der Waals surface area contributed by atoms with Crippen LogP contribution in [0, 0.1) is 6.92 Å². The fourth-order valence-corrected chi connectivity index (χ4v) is 1.64. The van der Waals surface area contributed by atoms with E-state index in [1.807, 2.05) is 25.1 Å². The van der Waals surface area contributed by atoms with Crippen LogP contribution in [0.25, 0.3) is 0 Å². The first kappa shape index (κ1) is 13.3. The summed E-state index contributed by atoms with van der Waals surface area (Å²) in [6, 6.07) is 5.80. The number of amides is 1. The zero-order valence-electron chi connectivity index (χ0n) is 10.5. The number of carbonyl (C=O) groups excluding carboxylic acids is 1. The molecule has 0 bridgehead atoms. The van der Waals surface area contributed by atoms with Crippen molar-refractivity contribution in [1.29, 1.82) is 0 Å². The van der Waals surface area contributed by atoms with E-state index in [2.05, 4.69) is 18.8 Å². The number of hydrogen-bond donors (Lipinski definition) is 2. The maximum Gasteiger partial charge on any atom is 0.248 e. The van der Waals surface area contributed by atoms with Crippen LogP contribution in [-0.4, -0.2) is 11.9 Å². The summed E-state index contributed by atoms with van der Waals surface area (Å²) in [5.41, 5.74) is 7.88. The Labute approximate surface area is 103 Å². The molecule has 0 radical (unpaired) electrons. The van der Waals surface area contributed by atoms with Crippen molar-refractivity contribution in [3.63, 3.8) is 0 Å². The molecule has 3 heteroatoms. The van der Waals surface area contributed by atoms with E-state index >= 15 is 0 Å². The third-order valence-corrected chi connectivity index (χ3v) is 2.73. The van der Waals surface area contributed by atoms with E-state index in [0.717, 1.165) is 24.1 Å². The molecule has 3 nitrogen and oxygen atoms in total. The van der Waals surface area contributed by atoms with Gasteiger partial charge in [0.25, 0.3) is 0 Å². The molecule has 1 aromatic rings. The Morgan fingerprint density at radius 1 is 1.59 bits per heavy atom. The summed E-state index contributed by atoms with van der Waals surface area (Å²) in [6.07, 6.45) is 3.90. The van der Waals surface area contributed by atoms with Gasteiger partial charge in [0.15, 0.2) is 0 Å². The maximum absolute atomic E-state index is 11.1. The van der Waals surface area contributed by atoms with Crippen LogP contribution in [0.1, 0.15) is 35.7 Å². The van der Waals surface area contributed by atoms with E-state index in [9.17, 15) is 4.79 Å². The van der Waals surface area contributed by atoms with Gasteiger partial charge in [0.1, 0.15) is 0 Å². The third-order valence-electron chi connectivity index (χ3n) is 2.73. The van der Waals surface area contributed by atoms with Crippen LogP contribution in [-0.2, 0) is 0 Å². The molecule has 0 aliphatic heterocycles. The lowest BCUT2D eigenvalue weighted by Gasteiger charge is -2.17. The Morgan fingerprint density at radius 2 is 2.29 bits per heavy atom. The number of allylic oxidation sites excluding steroid dienone is 1. The molecule has 0 saturated carbocycles. The van der Waals surface area contributed by atoms with Crippen LogP contribution < -0.4 is 11.1 Å². The van der Waals surface area contributed by atoms with Crippen LogP contribution in [0.3, 0.4) is 0 Å². The summed E-state index contributed by atoms with van der Waals surface area (Å²) in [6.45, 7) is 7.82. The summed E-state index contributed by atoms with van der Waals surface area (Å²) in [5, 5.41) is 3.38. The van der Waals surface area contributed by atoms with Crippen LogP contribution in [0.4, 0.5) is 5.69 Å². The standard InChI is InChI=1S/C14H20N2O/c1-4-5-6-11(3)16-13-9-12(14(15)17)8-7-10(13)2/h4,7-9,11,16H,1,5-6H2,2-3H3,(H2,15,17). The Kier molecular flexibility index (Phi) is 4.76. The van der Waals surface area contributed by atoms with Crippen molar-refractivity contribution in [1.82, 2.24) is 0 Å². The van der Waals surface area contributed by atoms with Crippen molar-refractivity contribution in [3.8, 4) is 0 Å². The van der Waals surface area contributed by atoms with Gasteiger partial charge in [0.05, 0.1) is 0 Å². The van der Waals surface area contributed by atoms with Crippen LogP contribution in [0.2, 0.25) is 0 Å². The molecule has 0 saturated heterocycles. The van der Waals surface area contributed by atoms with Crippen LogP contribution in [0.5, 0.6) is 0 Å². The number of nitrogens with one attached hydrogen (secondary N) is 1. The highest BCUT2D eigenvalue weighted by atomic mass is 16.1. The molecule has 1 aromatic carbocycles. The molecule has 0 aliphatic carbocycles. The van der Waals surface area contributed by atoms with E-state index in [1.165, 1.54) is 0 Å². The van der Waals surface area contributed by atoms with Crippen LogP contribution >= 0.6 is 0 Å². The lowest BCUT2D eigenvalue weighted by molar-refractivity contribution is 0.100. The summed E-state index contributed by atoms with van der Waals surface area (Å²) >= 11 is 0. The second-order valence-corrected chi connectivity index (χ2v) is 4.31. The first-order chi connectivity index (χ1) is 8.04. The molecule has 0 heterocycles. The average Bonchev–Trinajstić information content (AvgIpc) is 2.29. The number of nitrogens with two attached hydrogens (primary N) is 1. The fourth-order valence-electron chi connectivity index (χ4n) is 1.64. The Balaban J connectivity index is 2.78. The van der Waals surface area contributed by atoms with Gasteiger partial charge in [0.2, 0.25) is 5.91 Å². The Hall–Kier alpha value is -1.77. The van der Waals surface area contributed by atoms with Crippen molar-refractivity contribution >= 4 is 11.6 Å². The summed E-state index contributed by atoms with van der Waals surface area (Å²) in [7, 11) is 0. The quantitative estimate of drug-likeness (QED) is 0.741. The monoisotopic (exact) mass is 232 g/mol. The topological polar surface area (TPSA) is 55.1 Å². The van der Waals surface area contributed by atoms with Crippen LogP contribution in [0.15, 0.2) is 30.9 Å². The van der Waals surface area contributed by atoms with Gasteiger partial charge < -0.3 is 11.1 Å². The normalized spacial score (nSPS) is 11.9. The molecule has 1 unspecified atom stereocenters. The van der Waals surface area contributed by atoms with E-state index < -0.39 is 5.91 Å². The number of aryl methyl sites for hydroxylation is 1. The minimum Gasteiger partial charge on any atom is -0.382 e. The molecule has 0 fully saturated rings. The third kappa shape index (κ3) is 3.94. The Bertz CT molecular complexity index is 413. The van der Waals surface area contributed by atoms with E-state index in [-0.39, 0.29) is 0 Å². The van der Waals surface area contributed by atoms with Crippen molar-refractivity contribution < 1.29 is 4.79 Å². The van der Waals surface area contributed by atoms with Gasteiger partial charge in [-0.1, -0.05) is 12.1 Å². The molecule has 1 atom stereocenters. The smallest absolute Gasteiger partial charge is 0.248 e. The number of carbonyl (C=O) groups is 1. The molecule has 0 aliphatic rings. The molecular weight excluding hydrogens is 212 g/mol. The van der Waals surface area contributed by atoms with E-state index in [0.29, 0.717) is 11.6 Å². The highest BCUT2D eigenvalue weighted by Gasteiger charge is 2.07. The van der Waals surface area contributed by atoms with Gasteiger partial charge in [-0.15, -0.1) is 6.58 Å². The number of primary amides is 1.